The van der Waals surface area contributed by atoms with Gasteiger partial charge in [0.15, 0.2) is 0 Å². The molecule has 0 spiro atoms. The molecule has 1 heterocycles. The zero-order valence-corrected chi connectivity index (χ0v) is 11.3. The predicted octanol–water partition coefficient (Wildman–Crippen LogP) is 0.941. The van der Waals surface area contributed by atoms with Gasteiger partial charge in [-0.2, -0.15) is 0 Å². The van der Waals surface area contributed by atoms with Crippen molar-refractivity contribution in [3.63, 3.8) is 0 Å². The summed E-state index contributed by atoms with van der Waals surface area (Å²) in [5.74, 6) is -0.998. The van der Waals surface area contributed by atoms with E-state index in [1.54, 1.807) is 19.2 Å². The largest absolute Gasteiger partial charge is 0.383 e. The number of nitrogens with zero attached hydrogens (tertiary/aromatic N) is 1. The molecule has 0 aliphatic carbocycles. The van der Waals surface area contributed by atoms with Gasteiger partial charge in [-0.15, -0.1) is 0 Å². The minimum atomic E-state index is -0.371. The summed E-state index contributed by atoms with van der Waals surface area (Å²) in [6.07, 6.45) is 0.177. The molecule has 0 radical (unpaired) electrons. The summed E-state index contributed by atoms with van der Waals surface area (Å²) in [6, 6.07) is 5.68. The molecule has 1 aromatic carbocycles. The van der Waals surface area contributed by atoms with Gasteiger partial charge in [0.05, 0.1) is 12.5 Å². The molecule has 1 aliphatic rings. The van der Waals surface area contributed by atoms with Crippen molar-refractivity contribution < 1.29 is 18.7 Å². The Morgan fingerprint density at radius 1 is 1.45 bits per heavy atom. The van der Waals surface area contributed by atoms with Crippen molar-refractivity contribution in [3.05, 3.63) is 30.1 Å². The van der Waals surface area contributed by atoms with Crippen LogP contribution in [0.25, 0.3) is 0 Å². The number of hydrogen-bond acceptors (Lipinski definition) is 3. The van der Waals surface area contributed by atoms with Gasteiger partial charge in [0.25, 0.3) is 0 Å². The minimum absolute atomic E-state index is 0.122. The standard InChI is InChI=1S/C14H17FN2O3/c1-20-7-6-16-14(19)10-8-13(18)17(9-10)12-4-2-11(15)3-5-12/h2-5,10H,6-9H2,1H3,(H,16,19). The van der Waals surface area contributed by atoms with Crippen molar-refractivity contribution >= 4 is 17.5 Å². The second-order valence-corrected chi connectivity index (χ2v) is 4.67. The van der Waals surface area contributed by atoms with E-state index < -0.39 is 0 Å². The monoisotopic (exact) mass is 280 g/mol. The summed E-state index contributed by atoms with van der Waals surface area (Å²) in [4.78, 5) is 25.3. The van der Waals surface area contributed by atoms with Crippen LogP contribution in [0, 0.1) is 11.7 Å². The number of benzene rings is 1. The van der Waals surface area contributed by atoms with Crippen LogP contribution >= 0.6 is 0 Å². The molecule has 0 bridgehead atoms. The molecule has 1 fully saturated rings. The molecule has 0 aromatic heterocycles. The first-order chi connectivity index (χ1) is 9.61. The SMILES string of the molecule is COCCNC(=O)C1CC(=O)N(c2ccc(F)cc2)C1. The molecular weight excluding hydrogens is 263 g/mol. The first-order valence-corrected chi connectivity index (χ1v) is 6.44. The maximum atomic E-state index is 12.9. The van der Waals surface area contributed by atoms with E-state index in [4.69, 9.17) is 4.74 Å². The molecular formula is C14H17FN2O3. The fraction of sp³-hybridized carbons (Fsp3) is 0.429. The lowest BCUT2D eigenvalue weighted by Gasteiger charge is -2.16. The average Bonchev–Trinajstić information content (AvgIpc) is 2.82. The van der Waals surface area contributed by atoms with Gasteiger partial charge >= 0.3 is 0 Å². The number of nitrogens with one attached hydrogen (secondary N) is 1. The second-order valence-electron chi connectivity index (χ2n) is 4.67. The maximum Gasteiger partial charge on any atom is 0.227 e. The maximum absolute atomic E-state index is 12.9. The fourth-order valence-electron chi connectivity index (χ4n) is 2.17. The summed E-state index contributed by atoms with van der Waals surface area (Å²) in [6.45, 7) is 1.19. The van der Waals surface area contributed by atoms with Crippen LogP contribution in [0.3, 0.4) is 0 Å². The Hall–Kier alpha value is -1.95. The van der Waals surface area contributed by atoms with Crippen LogP contribution in [0.5, 0.6) is 0 Å². The molecule has 20 heavy (non-hydrogen) atoms. The van der Waals surface area contributed by atoms with Gasteiger partial charge in [-0.25, -0.2) is 4.39 Å². The molecule has 5 nitrogen and oxygen atoms in total. The van der Waals surface area contributed by atoms with E-state index in [1.807, 2.05) is 0 Å². The second kappa shape index (κ2) is 6.47. The lowest BCUT2D eigenvalue weighted by molar-refractivity contribution is -0.126. The number of ether oxygens (including phenoxy) is 1. The molecule has 1 N–H and O–H groups in total. The summed E-state index contributed by atoms with van der Waals surface area (Å²) < 4.78 is 17.7. The van der Waals surface area contributed by atoms with E-state index in [9.17, 15) is 14.0 Å². The van der Waals surface area contributed by atoms with E-state index in [0.717, 1.165) is 0 Å². The Kier molecular flexibility index (Phi) is 4.68. The highest BCUT2D eigenvalue weighted by atomic mass is 19.1. The van der Waals surface area contributed by atoms with Gasteiger partial charge < -0.3 is 15.0 Å². The van der Waals surface area contributed by atoms with Crippen LogP contribution in [-0.4, -0.2) is 38.6 Å². The van der Waals surface area contributed by atoms with Gasteiger partial charge in [0.2, 0.25) is 11.8 Å². The molecule has 1 atom stereocenters. The lowest BCUT2D eigenvalue weighted by Crippen LogP contribution is -2.34. The number of methoxy groups -OCH3 is 1. The van der Waals surface area contributed by atoms with Crippen molar-refractivity contribution in [3.8, 4) is 0 Å². The number of amides is 2. The molecule has 1 aromatic rings. The van der Waals surface area contributed by atoms with Crippen molar-refractivity contribution in [1.29, 1.82) is 0 Å². The summed E-state index contributed by atoms with van der Waals surface area (Å²) in [5, 5.41) is 2.72. The van der Waals surface area contributed by atoms with E-state index in [0.29, 0.717) is 25.4 Å². The van der Waals surface area contributed by atoms with Crippen molar-refractivity contribution in [2.45, 2.75) is 6.42 Å². The third-order valence-corrected chi connectivity index (χ3v) is 3.24. The molecule has 1 saturated heterocycles. The molecule has 1 aliphatic heterocycles. The first kappa shape index (κ1) is 14.5. The highest BCUT2D eigenvalue weighted by Gasteiger charge is 2.34. The number of rotatable bonds is 5. The van der Waals surface area contributed by atoms with Crippen LogP contribution in [0.2, 0.25) is 0 Å². The van der Waals surface area contributed by atoms with Crippen molar-refractivity contribution in [2.24, 2.45) is 5.92 Å². The van der Waals surface area contributed by atoms with E-state index in [2.05, 4.69) is 5.32 Å². The molecule has 108 valence electrons. The Balaban J connectivity index is 1.96. The summed E-state index contributed by atoms with van der Waals surface area (Å²) >= 11 is 0. The number of carbonyl (C=O) groups is 2. The van der Waals surface area contributed by atoms with Crippen LogP contribution in [0.15, 0.2) is 24.3 Å². The molecule has 2 rings (SSSR count). The van der Waals surface area contributed by atoms with Crippen molar-refractivity contribution in [1.82, 2.24) is 5.32 Å². The summed E-state index contributed by atoms with van der Waals surface area (Å²) in [7, 11) is 1.56. The third kappa shape index (κ3) is 3.33. The smallest absolute Gasteiger partial charge is 0.227 e. The normalized spacial score (nSPS) is 18.4. The van der Waals surface area contributed by atoms with Crippen LogP contribution in [0.1, 0.15) is 6.42 Å². The Morgan fingerprint density at radius 2 is 2.15 bits per heavy atom. The summed E-state index contributed by atoms with van der Waals surface area (Å²) in [5.41, 5.74) is 0.614. The fourth-order valence-corrected chi connectivity index (χ4v) is 2.17. The number of halogens is 1. The van der Waals surface area contributed by atoms with Gasteiger partial charge in [-0.1, -0.05) is 0 Å². The lowest BCUT2D eigenvalue weighted by atomic mass is 10.1. The molecule has 0 saturated carbocycles. The average molecular weight is 280 g/mol. The number of carbonyl (C=O) groups excluding carboxylic acids is 2. The number of anilines is 1. The van der Waals surface area contributed by atoms with Gasteiger partial charge in [-0.3, -0.25) is 9.59 Å². The Bertz CT molecular complexity index is 490. The zero-order valence-electron chi connectivity index (χ0n) is 11.3. The molecule has 6 heteroatoms. The zero-order chi connectivity index (χ0) is 14.5. The minimum Gasteiger partial charge on any atom is -0.383 e. The molecule has 2 amide bonds. The van der Waals surface area contributed by atoms with Crippen LogP contribution < -0.4 is 10.2 Å². The topological polar surface area (TPSA) is 58.6 Å². The number of hydrogen-bond donors (Lipinski definition) is 1. The van der Waals surface area contributed by atoms with Crippen LogP contribution in [-0.2, 0) is 14.3 Å². The van der Waals surface area contributed by atoms with Crippen LogP contribution in [0.4, 0.5) is 10.1 Å². The highest BCUT2D eigenvalue weighted by molar-refractivity contribution is 6.00. The highest BCUT2D eigenvalue weighted by Crippen LogP contribution is 2.25. The first-order valence-electron chi connectivity index (χ1n) is 6.44. The molecule has 1 unspecified atom stereocenters. The predicted molar refractivity (Wildman–Crippen MR) is 71.7 cm³/mol. The Morgan fingerprint density at radius 3 is 2.80 bits per heavy atom. The quantitative estimate of drug-likeness (QED) is 0.817. The van der Waals surface area contributed by atoms with E-state index >= 15 is 0 Å². The van der Waals surface area contributed by atoms with E-state index in [-0.39, 0.29) is 30.0 Å². The Labute approximate surface area is 116 Å². The van der Waals surface area contributed by atoms with E-state index in [1.165, 1.54) is 17.0 Å². The third-order valence-electron chi connectivity index (χ3n) is 3.24. The van der Waals surface area contributed by atoms with Crippen molar-refractivity contribution in [2.75, 3.05) is 31.7 Å². The van der Waals surface area contributed by atoms with Gasteiger partial charge in [0, 0.05) is 32.3 Å². The van der Waals surface area contributed by atoms with Gasteiger partial charge in [-0.05, 0) is 24.3 Å². The van der Waals surface area contributed by atoms with Gasteiger partial charge in [0.1, 0.15) is 5.82 Å².